The zero-order chi connectivity index (χ0) is 23.2. The van der Waals surface area contributed by atoms with Gasteiger partial charge in [-0.2, -0.15) is 4.98 Å². The molecule has 0 saturated carbocycles. The van der Waals surface area contributed by atoms with E-state index in [1.165, 1.54) is 11.3 Å². The second-order valence-corrected chi connectivity index (χ2v) is 8.56. The monoisotopic (exact) mass is 460 g/mol. The van der Waals surface area contributed by atoms with Crippen molar-refractivity contribution in [2.45, 2.75) is 25.8 Å². The summed E-state index contributed by atoms with van der Waals surface area (Å²) in [6.07, 6.45) is 0.638. The molecule has 7 nitrogen and oxygen atoms in total. The van der Waals surface area contributed by atoms with Gasteiger partial charge in [0.05, 0.1) is 10.9 Å². The van der Waals surface area contributed by atoms with Gasteiger partial charge in [-0.15, -0.1) is 11.3 Å². The number of amides is 2. The van der Waals surface area contributed by atoms with Crippen molar-refractivity contribution in [1.82, 2.24) is 15.0 Å². The maximum Gasteiger partial charge on any atom is 0.255 e. The molecule has 0 radical (unpaired) electrons. The molecule has 4 rings (SSSR count). The molecule has 0 fully saturated rings. The zero-order valence-electron chi connectivity index (χ0n) is 18.4. The fraction of sp³-hybridized carbons (Fsp3) is 0.200. The highest BCUT2D eigenvalue weighted by atomic mass is 32.1. The summed E-state index contributed by atoms with van der Waals surface area (Å²) in [5.41, 5.74) is 2.20. The first-order chi connectivity index (χ1) is 16.0. The minimum atomic E-state index is -0.175. The predicted molar refractivity (Wildman–Crippen MR) is 128 cm³/mol. The standard InChI is InChI=1S/C25H24N4O3S/c1-17(19-10-6-11-20(16-19)26-25(31)18-8-4-3-5-9-18)29(2)23(30)14-13-22-27-24(28-32-22)21-12-7-15-33-21/h3-12,15-17H,13-14H2,1-2H3,(H,26,31). The number of carbonyl (C=O) groups is 2. The number of carbonyl (C=O) groups excluding carboxylic acids is 2. The van der Waals surface area contributed by atoms with Crippen molar-refractivity contribution in [2.75, 3.05) is 12.4 Å². The van der Waals surface area contributed by atoms with E-state index in [0.29, 0.717) is 29.4 Å². The Morgan fingerprint density at radius 2 is 1.91 bits per heavy atom. The van der Waals surface area contributed by atoms with Crippen LogP contribution in [0.25, 0.3) is 10.7 Å². The van der Waals surface area contributed by atoms with Gasteiger partial charge in [-0.1, -0.05) is 41.6 Å². The average Bonchev–Trinajstić information content (AvgIpc) is 3.54. The fourth-order valence-electron chi connectivity index (χ4n) is 3.36. The molecule has 4 aromatic rings. The van der Waals surface area contributed by atoms with Crippen LogP contribution >= 0.6 is 11.3 Å². The first-order valence-electron chi connectivity index (χ1n) is 10.6. The van der Waals surface area contributed by atoms with E-state index in [1.807, 2.05) is 66.9 Å². The number of hydrogen-bond acceptors (Lipinski definition) is 6. The number of benzene rings is 2. The fourth-order valence-corrected chi connectivity index (χ4v) is 4.01. The van der Waals surface area contributed by atoms with Gasteiger partial charge in [-0.25, -0.2) is 0 Å². The average molecular weight is 461 g/mol. The van der Waals surface area contributed by atoms with E-state index in [2.05, 4.69) is 15.5 Å². The Balaban J connectivity index is 1.35. The molecule has 0 aliphatic carbocycles. The van der Waals surface area contributed by atoms with Crippen LogP contribution in [0.15, 0.2) is 76.6 Å². The van der Waals surface area contributed by atoms with Crippen molar-refractivity contribution < 1.29 is 14.1 Å². The number of anilines is 1. The van der Waals surface area contributed by atoms with E-state index < -0.39 is 0 Å². The van der Waals surface area contributed by atoms with Crippen molar-refractivity contribution in [3.05, 3.63) is 89.1 Å². The maximum absolute atomic E-state index is 12.8. The van der Waals surface area contributed by atoms with Crippen molar-refractivity contribution in [2.24, 2.45) is 0 Å². The summed E-state index contributed by atoms with van der Waals surface area (Å²) < 4.78 is 5.29. The second-order valence-electron chi connectivity index (χ2n) is 7.62. The molecular formula is C25H24N4O3S. The smallest absolute Gasteiger partial charge is 0.255 e. The van der Waals surface area contributed by atoms with Gasteiger partial charge in [0.15, 0.2) is 0 Å². The van der Waals surface area contributed by atoms with E-state index in [0.717, 1.165) is 10.4 Å². The Morgan fingerprint density at radius 3 is 2.67 bits per heavy atom. The van der Waals surface area contributed by atoms with Crippen molar-refractivity contribution >= 4 is 28.8 Å². The number of aromatic nitrogens is 2. The van der Waals surface area contributed by atoms with Crippen LogP contribution in [0, 0.1) is 0 Å². The molecule has 0 aliphatic rings. The molecule has 0 saturated heterocycles. The number of nitrogens with one attached hydrogen (secondary N) is 1. The molecule has 168 valence electrons. The molecule has 33 heavy (non-hydrogen) atoms. The van der Waals surface area contributed by atoms with Gasteiger partial charge in [-0.05, 0) is 48.2 Å². The molecule has 2 heterocycles. The van der Waals surface area contributed by atoms with Crippen LogP contribution in [0.1, 0.15) is 41.2 Å². The first-order valence-corrected chi connectivity index (χ1v) is 11.5. The van der Waals surface area contributed by atoms with Gasteiger partial charge in [-0.3, -0.25) is 9.59 Å². The third kappa shape index (κ3) is 5.53. The number of aryl methyl sites for hydroxylation is 1. The summed E-state index contributed by atoms with van der Waals surface area (Å²) in [6, 6.07) is 20.3. The highest BCUT2D eigenvalue weighted by molar-refractivity contribution is 7.13. The van der Waals surface area contributed by atoms with Crippen LogP contribution in [-0.2, 0) is 11.2 Å². The lowest BCUT2D eigenvalue weighted by atomic mass is 10.1. The molecule has 8 heteroatoms. The SMILES string of the molecule is CC(c1cccc(NC(=O)c2ccccc2)c1)N(C)C(=O)CCc1nc(-c2cccs2)no1. The summed E-state index contributed by atoms with van der Waals surface area (Å²) in [6.45, 7) is 1.96. The lowest BCUT2D eigenvalue weighted by Crippen LogP contribution is -2.30. The summed E-state index contributed by atoms with van der Waals surface area (Å²) in [7, 11) is 1.77. The molecule has 0 aliphatic heterocycles. The quantitative estimate of drug-likeness (QED) is 0.390. The molecule has 0 spiro atoms. The minimum absolute atomic E-state index is 0.0305. The Kier molecular flexibility index (Phi) is 6.95. The van der Waals surface area contributed by atoms with Crippen LogP contribution < -0.4 is 5.32 Å². The molecule has 2 aromatic carbocycles. The van der Waals surface area contributed by atoms with Gasteiger partial charge >= 0.3 is 0 Å². The third-order valence-corrected chi connectivity index (χ3v) is 6.27. The molecule has 2 aromatic heterocycles. The second kappa shape index (κ2) is 10.2. The van der Waals surface area contributed by atoms with E-state index in [1.54, 1.807) is 24.1 Å². The van der Waals surface area contributed by atoms with Gasteiger partial charge in [0, 0.05) is 31.1 Å². The van der Waals surface area contributed by atoms with Crippen LogP contribution in [0.3, 0.4) is 0 Å². The first kappa shape index (κ1) is 22.4. The number of rotatable bonds is 8. The minimum Gasteiger partial charge on any atom is -0.339 e. The topological polar surface area (TPSA) is 88.3 Å². The van der Waals surface area contributed by atoms with Crippen molar-refractivity contribution in [1.29, 1.82) is 0 Å². The predicted octanol–water partition coefficient (Wildman–Crippen LogP) is 5.20. The van der Waals surface area contributed by atoms with Gasteiger partial charge < -0.3 is 14.7 Å². The summed E-state index contributed by atoms with van der Waals surface area (Å²) in [5, 5.41) is 8.85. The van der Waals surface area contributed by atoms with Crippen LogP contribution in [-0.4, -0.2) is 33.9 Å². The molecule has 1 N–H and O–H groups in total. The lowest BCUT2D eigenvalue weighted by Gasteiger charge is -2.25. The molecule has 0 bridgehead atoms. The Hall–Kier alpha value is -3.78. The molecule has 1 atom stereocenters. The van der Waals surface area contributed by atoms with E-state index >= 15 is 0 Å². The molecule has 1 unspecified atom stereocenters. The van der Waals surface area contributed by atoms with Crippen molar-refractivity contribution in [3.8, 4) is 10.7 Å². The van der Waals surface area contributed by atoms with Crippen LogP contribution in [0.5, 0.6) is 0 Å². The Labute approximate surface area is 196 Å². The van der Waals surface area contributed by atoms with E-state index in [-0.39, 0.29) is 24.3 Å². The van der Waals surface area contributed by atoms with Crippen LogP contribution in [0.2, 0.25) is 0 Å². The summed E-state index contributed by atoms with van der Waals surface area (Å²) in [5.74, 6) is 0.783. The van der Waals surface area contributed by atoms with Crippen LogP contribution in [0.4, 0.5) is 5.69 Å². The van der Waals surface area contributed by atoms with Crippen molar-refractivity contribution in [3.63, 3.8) is 0 Å². The Morgan fingerprint density at radius 1 is 1.09 bits per heavy atom. The van der Waals surface area contributed by atoms with Gasteiger partial charge in [0.2, 0.25) is 17.6 Å². The number of nitrogens with zero attached hydrogens (tertiary/aromatic N) is 3. The highest BCUT2D eigenvalue weighted by Crippen LogP contribution is 2.24. The lowest BCUT2D eigenvalue weighted by molar-refractivity contribution is -0.131. The summed E-state index contributed by atoms with van der Waals surface area (Å²) in [4.78, 5) is 32.2. The largest absolute Gasteiger partial charge is 0.339 e. The zero-order valence-corrected chi connectivity index (χ0v) is 19.2. The van der Waals surface area contributed by atoms with Gasteiger partial charge in [0.25, 0.3) is 5.91 Å². The van der Waals surface area contributed by atoms with Gasteiger partial charge in [0.1, 0.15) is 0 Å². The third-order valence-electron chi connectivity index (χ3n) is 5.40. The Bertz CT molecular complexity index is 1220. The van der Waals surface area contributed by atoms with E-state index in [9.17, 15) is 9.59 Å². The van der Waals surface area contributed by atoms with E-state index in [4.69, 9.17) is 4.52 Å². The normalized spacial score (nSPS) is 11.7. The highest BCUT2D eigenvalue weighted by Gasteiger charge is 2.19. The summed E-state index contributed by atoms with van der Waals surface area (Å²) >= 11 is 1.54. The maximum atomic E-state index is 12.8. The number of hydrogen-bond donors (Lipinski definition) is 1. The molecular weight excluding hydrogens is 436 g/mol. The molecule has 2 amide bonds. The number of thiophene rings is 1.